The first-order valence-corrected chi connectivity index (χ1v) is 11.6. The standard InChI is InChI=1S/C27H28N2O5/c1-18(2)19-6-5-7-20(16-19)32-15-14-29-22-9-4-3-8-21(22)26-23(29)12-13-28-17-27(26)33-24(30)10-11-25(31)34-27/h3-11,16,18,28H,12-15,17H2,1-2H3. The van der Waals surface area contributed by atoms with Gasteiger partial charge in [-0.3, -0.25) is 0 Å². The summed E-state index contributed by atoms with van der Waals surface area (Å²) in [6.07, 6.45) is 2.91. The van der Waals surface area contributed by atoms with E-state index in [-0.39, 0.29) is 6.54 Å². The Morgan fingerprint density at radius 1 is 1.06 bits per heavy atom. The van der Waals surface area contributed by atoms with Crippen LogP contribution in [0.2, 0.25) is 0 Å². The highest BCUT2D eigenvalue weighted by molar-refractivity contribution is 5.95. The van der Waals surface area contributed by atoms with E-state index >= 15 is 0 Å². The van der Waals surface area contributed by atoms with Crippen LogP contribution in [0.4, 0.5) is 0 Å². The van der Waals surface area contributed by atoms with Gasteiger partial charge in [-0.25, -0.2) is 9.59 Å². The average Bonchev–Trinajstić information content (AvgIpc) is 2.91. The van der Waals surface area contributed by atoms with E-state index in [2.05, 4.69) is 35.9 Å². The number of rotatable bonds is 5. The second-order valence-electron chi connectivity index (χ2n) is 8.92. The van der Waals surface area contributed by atoms with E-state index in [0.717, 1.165) is 40.1 Å². The van der Waals surface area contributed by atoms with Crippen molar-refractivity contribution >= 4 is 22.8 Å². The molecule has 7 heteroatoms. The van der Waals surface area contributed by atoms with Crippen molar-refractivity contribution in [3.8, 4) is 5.75 Å². The molecule has 0 amide bonds. The quantitative estimate of drug-likeness (QED) is 0.584. The van der Waals surface area contributed by atoms with Crippen LogP contribution < -0.4 is 10.1 Å². The molecular formula is C27H28N2O5. The van der Waals surface area contributed by atoms with Gasteiger partial charge in [0.05, 0.1) is 18.7 Å². The molecule has 0 bridgehead atoms. The summed E-state index contributed by atoms with van der Waals surface area (Å²) in [6.45, 7) is 6.22. The summed E-state index contributed by atoms with van der Waals surface area (Å²) in [6, 6.07) is 16.1. The normalized spacial score (nSPS) is 17.3. The number of fused-ring (bicyclic) bond motifs is 4. The van der Waals surface area contributed by atoms with Crippen LogP contribution in [0.1, 0.15) is 36.6 Å². The van der Waals surface area contributed by atoms with E-state index < -0.39 is 17.7 Å². The molecule has 176 valence electrons. The molecule has 0 saturated heterocycles. The fraction of sp³-hybridized carbons (Fsp3) is 0.333. The van der Waals surface area contributed by atoms with Gasteiger partial charge in [0, 0.05) is 41.7 Å². The Morgan fingerprint density at radius 2 is 1.82 bits per heavy atom. The zero-order valence-electron chi connectivity index (χ0n) is 19.4. The molecule has 2 aromatic carbocycles. The van der Waals surface area contributed by atoms with Gasteiger partial charge in [-0.15, -0.1) is 0 Å². The number of aromatic nitrogens is 1. The van der Waals surface area contributed by atoms with Crippen molar-refractivity contribution < 1.29 is 23.8 Å². The van der Waals surface area contributed by atoms with E-state index in [4.69, 9.17) is 14.2 Å². The molecule has 2 aliphatic heterocycles. The molecule has 5 rings (SSSR count). The fourth-order valence-corrected chi connectivity index (χ4v) is 4.79. The highest BCUT2D eigenvalue weighted by atomic mass is 16.7. The number of para-hydroxylation sites is 1. The number of esters is 2. The third-order valence-corrected chi connectivity index (χ3v) is 6.35. The molecule has 34 heavy (non-hydrogen) atoms. The summed E-state index contributed by atoms with van der Waals surface area (Å²) in [5.41, 5.74) is 3.91. The Balaban J connectivity index is 1.52. The largest absolute Gasteiger partial charge is 0.492 e. The number of nitrogens with zero attached hydrogens (tertiary/aromatic N) is 1. The third-order valence-electron chi connectivity index (χ3n) is 6.35. The highest BCUT2D eigenvalue weighted by Crippen LogP contribution is 2.40. The van der Waals surface area contributed by atoms with Crippen molar-refractivity contribution in [3.05, 3.63) is 77.5 Å². The predicted octanol–water partition coefficient (Wildman–Crippen LogP) is 3.80. The maximum absolute atomic E-state index is 12.4. The lowest BCUT2D eigenvalue weighted by Crippen LogP contribution is -2.43. The fourth-order valence-electron chi connectivity index (χ4n) is 4.79. The first kappa shape index (κ1) is 22.2. The Labute approximate surface area is 198 Å². The van der Waals surface area contributed by atoms with Gasteiger partial charge in [0.2, 0.25) is 0 Å². The van der Waals surface area contributed by atoms with Crippen molar-refractivity contribution in [2.75, 3.05) is 19.7 Å². The second kappa shape index (κ2) is 8.99. The van der Waals surface area contributed by atoms with Gasteiger partial charge in [-0.05, 0) is 29.7 Å². The van der Waals surface area contributed by atoms with Gasteiger partial charge in [-0.1, -0.05) is 44.2 Å². The van der Waals surface area contributed by atoms with Crippen molar-refractivity contribution in [3.63, 3.8) is 0 Å². The summed E-state index contributed by atoms with van der Waals surface area (Å²) < 4.78 is 19.8. The Kier molecular flexibility index (Phi) is 5.87. The molecule has 1 aromatic heterocycles. The molecule has 3 aromatic rings. The molecular weight excluding hydrogens is 432 g/mol. The van der Waals surface area contributed by atoms with Crippen molar-refractivity contribution in [1.82, 2.24) is 9.88 Å². The minimum atomic E-state index is -1.53. The molecule has 3 heterocycles. The summed E-state index contributed by atoms with van der Waals surface area (Å²) in [7, 11) is 0. The second-order valence-corrected chi connectivity index (χ2v) is 8.92. The van der Waals surface area contributed by atoms with Crippen molar-refractivity contribution in [2.24, 2.45) is 0 Å². The number of carbonyl (C=O) groups is 2. The zero-order valence-corrected chi connectivity index (χ0v) is 19.4. The molecule has 1 N–H and O–H groups in total. The number of hydrogen-bond donors (Lipinski definition) is 1. The minimum absolute atomic E-state index is 0.186. The number of ether oxygens (including phenoxy) is 3. The monoisotopic (exact) mass is 460 g/mol. The first-order valence-electron chi connectivity index (χ1n) is 11.6. The summed E-state index contributed by atoms with van der Waals surface area (Å²) in [5, 5.41) is 4.17. The zero-order chi connectivity index (χ0) is 23.7. The van der Waals surface area contributed by atoms with Crippen LogP contribution in [-0.4, -0.2) is 36.2 Å². The Morgan fingerprint density at radius 3 is 2.59 bits per heavy atom. The van der Waals surface area contributed by atoms with Crippen LogP contribution in [0.15, 0.2) is 60.7 Å². The molecule has 1 spiro atoms. The lowest BCUT2D eigenvalue weighted by atomic mass is 10.0. The van der Waals surface area contributed by atoms with E-state index in [1.54, 1.807) is 0 Å². The maximum Gasteiger partial charge on any atom is 0.334 e. The molecule has 7 nitrogen and oxygen atoms in total. The molecule has 0 unspecified atom stereocenters. The van der Waals surface area contributed by atoms with E-state index in [0.29, 0.717) is 32.0 Å². The van der Waals surface area contributed by atoms with Gasteiger partial charge in [-0.2, -0.15) is 0 Å². The number of benzene rings is 2. The maximum atomic E-state index is 12.4. The lowest BCUT2D eigenvalue weighted by Gasteiger charge is -2.30. The lowest BCUT2D eigenvalue weighted by molar-refractivity contribution is -0.223. The molecule has 0 atom stereocenters. The van der Waals surface area contributed by atoms with Crippen LogP contribution in [0, 0.1) is 0 Å². The SMILES string of the molecule is CC(C)c1cccc(OCCn2c3c(c4ccccc42)C2(CNCC3)OC(=O)C=CC(=O)O2)c1. The molecule has 0 aliphatic carbocycles. The average molecular weight is 461 g/mol. The number of hydrogen-bond acceptors (Lipinski definition) is 6. The van der Waals surface area contributed by atoms with Crippen LogP contribution in [0.25, 0.3) is 10.9 Å². The van der Waals surface area contributed by atoms with Gasteiger partial charge in [0.1, 0.15) is 12.4 Å². The first-order chi connectivity index (χ1) is 16.5. The van der Waals surface area contributed by atoms with Gasteiger partial charge >= 0.3 is 11.9 Å². The predicted molar refractivity (Wildman–Crippen MR) is 128 cm³/mol. The van der Waals surface area contributed by atoms with Gasteiger partial charge in [0.15, 0.2) is 0 Å². The minimum Gasteiger partial charge on any atom is -0.492 e. The molecule has 0 saturated carbocycles. The number of carbonyl (C=O) groups excluding carboxylic acids is 2. The topological polar surface area (TPSA) is 78.8 Å². The summed E-state index contributed by atoms with van der Waals surface area (Å²) in [4.78, 5) is 24.8. The van der Waals surface area contributed by atoms with Gasteiger partial charge in [0.25, 0.3) is 5.79 Å². The summed E-state index contributed by atoms with van der Waals surface area (Å²) in [5.74, 6) is -1.47. The van der Waals surface area contributed by atoms with Crippen molar-refractivity contribution in [1.29, 1.82) is 0 Å². The van der Waals surface area contributed by atoms with Crippen LogP contribution >= 0.6 is 0 Å². The van der Waals surface area contributed by atoms with Crippen LogP contribution in [0.3, 0.4) is 0 Å². The number of nitrogens with one attached hydrogen (secondary N) is 1. The van der Waals surface area contributed by atoms with E-state index in [9.17, 15) is 9.59 Å². The smallest absolute Gasteiger partial charge is 0.334 e. The molecule has 0 radical (unpaired) electrons. The molecule has 2 aliphatic rings. The van der Waals surface area contributed by atoms with Crippen LogP contribution in [-0.2, 0) is 37.8 Å². The van der Waals surface area contributed by atoms with E-state index in [1.807, 2.05) is 36.4 Å². The van der Waals surface area contributed by atoms with Crippen molar-refractivity contribution in [2.45, 2.75) is 38.5 Å². The Bertz CT molecular complexity index is 1250. The van der Waals surface area contributed by atoms with Gasteiger partial charge < -0.3 is 24.1 Å². The van der Waals surface area contributed by atoms with E-state index in [1.165, 1.54) is 5.56 Å². The Hall–Kier alpha value is -3.58. The van der Waals surface area contributed by atoms with Crippen LogP contribution in [0.5, 0.6) is 5.75 Å². The summed E-state index contributed by atoms with van der Waals surface area (Å²) >= 11 is 0. The third kappa shape index (κ3) is 4.07. The highest BCUT2D eigenvalue weighted by Gasteiger charge is 2.47. The molecule has 0 fully saturated rings.